The van der Waals surface area contributed by atoms with Crippen molar-refractivity contribution in [3.8, 4) is 5.75 Å². The summed E-state index contributed by atoms with van der Waals surface area (Å²) in [4.78, 5) is 10.9. The lowest BCUT2D eigenvalue weighted by Gasteiger charge is -2.28. The van der Waals surface area contributed by atoms with E-state index in [2.05, 4.69) is 30.6 Å². The van der Waals surface area contributed by atoms with Crippen LogP contribution in [0.2, 0.25) is 0 Å². The highest BCUT2D eigenvalue weighted by molar-refractivity contribution is 5.83. The summed E-state index contributed by atoms with van der Waals surface area (Å²) in [5, 5.41) is 12.0. The maximum Gasteiger partial charge on any atom is 0.323 e. The van der Waals surface area contributed by atoms with Gasteiger partial charge in [-0.2, -0.15) is 0 Å². The Bertz CT molecular complexity index is 1010. The van der Waals surface area contributed by atoms with Gasteiger partial charge in [0.1, 0.15) is 18.9 Å². The Balaban J connectivity index is 1.33. The van der Waals surface area contributed by atoms with Gasteiger partial charge in [0.15, 0.2) is 0 Å². The number of carbonyl (C=O) groups is 1. The summed E-state index contributed by atoms with van der Waals surface area (Å²) in [5.41, 5.74) is 5.39. The van der Waals surface area contributed by atoms with E-state index in [0.29, 0.717) is 13.2 Å². The SMILES string of the molecule is C[C@@]1(c2ccccc2)C=CN(CCOc2ccc3c(ccn3CC(=O)O)c2)N1. The van der Waals surface area contributed by atoms with E-state index in [1.165, 1.54) is 5.56 Å². The molecule has 0 radical (unpaired) electrons. The number of aromatic nitrogens is 1. The molecule has 0 spiro atoms. The Hall–Kier alpha value is -3.25. The molecule has 6 heteroatoms. The number of nitrogens with zero attached hydrogens (tertiary/aromatic N) is 2. The van der Waals surface area contributed by atoms with Crippen LogP contribution in [0.25, 0.3) is 10.9 Å². The van der Waals surface area contributed by atoms with Crippen molar-refractivity contribution in [3.05, 3.63) is 78.6 Å². The molecule has 0 unspecified atom stereocenters. The molecule has 1 aromatic heterocycles. The smallest absolute Gasteiger partial charge is 0.323 e. The highest BCUT2D eigenvalue weighted by Gasteiger charge is 2.29. The predicted octanol–water partition coefficient (Wildman–Crippen LogP) is 3.35. The molecule has 6 nitrogen and oxygen atoms in total. The first-order chi connectivity index (χ1) is 13.5. The number of ether oxygens (including phenoxy) is 1. The van der Waals surface area contributed by atoms with E-state index in [0.717, 1.165) is 16.7 Å². The molecule has 4 rings (SSSR count). The van der Waals surface area contributed by atoms with Crippen molar-refractivity contribution in [1.82, 2.24) is 15.0 Å². The third kappa shape index (κ3) is 3.73. The number of nitrogens with one attached hydrogen (secondary N) is 1. The van der Waals surface area contributed by atoms with Gasteiger partial charge in [-0.3, -0.25) is 4.79 Å². The van der Waals surface area contributed by atoms with E-state index in [9.17, 15) is 4.79 Å². The van der Waals surface area contributed by atoms with Gasteiger partial charge in [0.05, 0.1) is 12.1 Å². The molecule has 2 heterocycles. The van der Waals surface area contributed by atoms with Gasteiger partial charge in [-0.25, -0.2) is 5.43 Å². The standard InChI is InChI=1S/C22H23N3O3/c1-22(18-5-3-2-4-6-18)10-12-25(23-22)13-14-28-19-7-8-20-17(15-19)9-11-24(20)16-21(26)27/h2-12,15,23H,13-14,16H2,1H3,(H,26,27)/t22-/m0/s1. The van der Waals surface area contributed by atoms with Crippen molar-refractivity contribution < 1.29 is 14.6 Å². The van der Waals surface area contributed by atoms with E-state index in [1.54, 1.807) is 10.8 Å². The van der Waals surface area contributed by atoms with E-state index in [1.807, 2.05) is 53.7 Å². The normalized spacial score (nSPS) is 18.7. The van der Waals surface area contributed by atoms with Crippen LogP contribution in [0.1, 0.15) is 12.5 Å². The highest BCUT2D eigenvalue weighted by Crippen LogP contribution is 2.27. The van der Waals surface area contributed by atoms with E-state index >= 15 is 0 Å². The minimum Gasteiger partial charge on any atom is -0.492 e. The van der Waals surface area contributed by atoms with Crippen LogP contribution >= 0.6 is 0 Å². The Kier molecular flexibility index (Phi) is 4.79. The maximum absolute atomic E-state index is 10.9. The third-order valence-electron chi connectivity index (χ3n) is 4.99. The number of hydrogen-bond donors (Lipinski definition) is 2. The minimum atomic E-state index is -0.855. The largest absolute Gasteiger partial charge is 0.492 e. The lowest BCUT2D eigenvalue weighted by atomic mass is 9.94. The molecule has 1 aliphatic heterocycles. The van der Waals surface area contributed by atoms with Gasteiger partial charge in [-0.1, -0.05) is 30.3 Å². The summed E-state index contributed by atoms with van der Waals surface area (Å²) < 4.78 is 7.61. The zero-order chi connectivity index (χ0) is 19.6. The number of carboxylic acid groups (broad SMARTS) is 1. The fourth-order valence-corrected chi connectivity index (χ4v) is 3.50. The average molecular weight is 377 g/mol. The van der Waals surface area contributed by atoms with E-state index < -0.39 is 5.97 Å². The van der Waals surface area contributed by atoms with E-state index in [-0.39, 0.29) is 12.1 Å². The number of aliphatic carboxylic acids is 1. The molecule has 28 heavy (non-hydrogen) atoms. The first-order valence-electron chi connectivity index (χ1n) is 9.26. The van der Waals surface area contributed by atoms with Crippen LogP contribution < -0.4 is 10.2 Å². The van der Waals surface area contributed by atoms with E-state index in [4.69, 9.17) is 9.84 Å². The van der Waals surface area contributed by atoms with Crippen molar-refractivity contribution in [1.29, 1.82) is 0 Å². The van der Waals surface area contributed by atoms with Gasteiger partial charge in [-0.15, -0.1) is 0 Å². The van der Waals surface area contributed by atoms with Crippen molar-refractivity contribution in [3.63, 3.8) is 0 Å². The van der Waals surface area contributed by atoms with Crippen LogP contribution in [-0.4, -0.2) is 33.8 Å². The molecule has 0 saturated heterocycles. The number of benzene rings is 2. The number of carboxylic acids is 1. The fraction of sp³-hybridized carbons (Fsp3) is 0.227. The fourth-order valence-electron chi connectivity index (χ4n) is 3.50. The minimum absolute atomic E-state index is 0.0448. The summed E-state index contributed by atoms with van der Waals surface area (Å²) in [5.74, 6) is -0.0823. The first-order valence-corrected chi connectivity index (χ1v) is 9.26. The average Bonchev–Trinajstić information content (AvgIpc) is 3.26. The second-order valence-corrected chi connectivity index (χ2v) is 7.10. The lowest BCUT2D eigenvalue weighted by Crippen LogP contribution is -2.43. The Morgan fingerprint density at radius 3 is 2.79 bits per heavy atom. The van der Waals surface area contributed by atoms with Crippen LogP contribution in [0.15, 0.2) is 73.1 Å². The molecule has 0 fully saturated rings. The lowest BCUT2D eigenvalue weighted by molar-refractivity contribution is -0.137. The van der Waals surface area contributed by atoms with Gasteiger partial charge in [0.2, 0.25) is 0 Å². The summed E-state index contributed by atoms with van der Waals surface area (Å²) in [6.07, 6.45) is 5.98. The Morgan fingerprint density at radius 1 is 1.18 bits per heavy atom. The summed E-state index contributed by atoms with van der Waals surface area (Å²) in [6.45, 7) is 3.34. The topological polar surface area (TPSA) is 66.7 Å². The zero-order valence-corrected chi connectivity index (χ0v) is 15.7. The molecular weight excluding hydrogens is 354 g/mol. The molecule has 0 amide bonds. The molecule has 3 aromatic rings. The number of hydrogen-bond acceptors (Lipinski definition) is 4. The van der Waals surface area contributed by atoms with Crippen LogP contribution in [-0.2, 0) is 16.9 Å². The first kappa shape index (κ1) is 18.1. The monoisotopic (exact) mass is 377 g/mol. The summed E-state index contributed by atoms with van der Waals surface area (Å²) in [7, 11) is 0. The van der Waals surface area contributed by atoms with Gasteiger partial charge >= 0.3 is 5.97 Å². The van der Waals surface area contributed by atoms with Crippen molar-refractivity contribution in [2.75, 3.05) is 13.2 Å². The number of hydrazine groups is 1. The highest BCUT2D eigenvalue weighted by atomic mass is 16.5. The molecule has 144 valence electrons. The number of rotatable bonds is 7. The number of fused-ring (bicyclic) bond motifs is 1. The molecular formula is C22H23N3O3. The molecule has 0 bridgehead atoms. The van der Waals surface area contributed by atoms with Crippen LogP contribution in [0.5, 0.6) is 5.75 Å². The van der Waals surface area contributed by atoms with Crippen LogP contribution in [0.3, 0.4) is 0 Å². The maximum atomic E-state index is 10.9. The van der Waals surface area contributed by atoms with Crippen LogP contribution in [0.4, 0.5) is 0 Å². The van der Waals surface area contributed by atoms with Gasteiger partial charge in [0, 0.05) is 23.3 Å². The van der Waals surface area contributed by atoms with Crippen molar-refractivity contribution in [2.45, 2.75) is 19.0 Å². The zero-order valence-electron chi connectivity index (χ0n) is 15.7. The van der Waals surface area contributed by atoms with Crippen molar-refractivity contribution in [2.24, 2.45) is 0 Å². The second kappa shape index (κ2) is 7.40. The second-order valence-electron chi connectivity index (χ2n) is 7.10. The summed E-state index contributed by atoms with van der Waals surface area (Å²) in [6, 6.07) is 18.0. The molecule has 1 atom stereocenters. The Morgan fingerprint density at radius 2 is 2.00 bits per heavy atom. The summed E-state index contributed by atoms with van der Waals surface area (Å²) >= 11 is 0. The predicted molar refractivity (Wildman–Crippen MR) is 108 cm³/mol. The van der Waals surface area contributed by atoms with Gasteiger partial charge < -0.3 is 19.4 Å². The Labute approximate surface area is 163 Å². The molecule has 0 saturated carbocycles. The van der Waals surface area contributed by atoms with Crippen LogP contribution in [0, 0.1) is 0 Å². The molecule has 2 N–H and O–H groups in total. The molecule has 0 aliphatic carbocycles. The van der Waals surface area contributed by atoms with Gasteiger partial charge in [-0.05, 0) is 42.8 Å². The molecule has 1 aliphatic rings. The molecule has 2 aromatic carbocycles. The van der Waals surface area contributed by atoms with Crippen molar-refractivity contribution >= 4 is 16.9 Å². The third-order valence-corrected chi connectivity index (χ3v) is 4.99. The quantitative estimate of drug-likeness (QED) is 0.661. The van der Waals surface area contributed by atoms with Gasteiger partial charge in [0.25, 0.3) is 0 Å².